The molecule has 32 nitrogen and oxygen atoms in total. The maximum atomic E-state index is 13.8. The summed E-state index contributed by atoms with van der Waals surface area (Å²) in [7, 11) is 4.31. The lowest BCUT2D eigenvalue weighted by atomic mass is 10.1. The van der Waals surface area contributed by atoms with Gasteiger partial charge in [0, 0.05) is 173 Å². The molecule has 14 heterocycles. The van der Waals surface area contributed by atoms with Crippen molar-refractivity contribution < 1.29 is 38.1 Å². The lowest BCUT2D eigenvalue weighted by molar-refractivity contribution is 0.248. The maximum Gasteiger partial charge on any atom is 0.330 e. The molecule has 4 N–H and O–H groups in total. The molecule has 0 radical (unpaired) electrons. The number of aromatic nitrogens is 8. The van der Waals surface area contributed by atoms with E-state index in [0.29, 0.717) is 137 Å². The number of urea groups is 4. The Morgan fingerprint density at radius 3 is 1.01 bits per heavy atom. The minimum Gasteiger partial charge on any atom is -0.494 e. The van der Waals surface area contributed by atoms with Crippen molar-refractivity contribution in [3.8, 4) is 23.0 Å². The number of aryl methyl sites for hydroxylation is 7. The zero-order valence-corrected chi connectivity index (χ0v) is 79.7. The summed E-state index contributed by atoms with van der Waals surface area (Å²) in [5.41, 5.74) is 20.0. The molecule has 4 aromatic heterocycles. The summed E-state index contributed by atoms with van der Waals surface area (Å²) in [6.07, 6.45) is 20.6. The standard InChI is InChI=1S/2C29H33N7O2.C24H25N5O2.C23H20ClN5O2/c2*1-20-7-6-8-21(2)26(20)36-19-22-18-30-28-31-23-9-10-24(34-14-12-33(3)13-15-34)25(17-23)38-16-5-4-11-35(29(36)37)27(22)32-28;1-16-7-5-8-17(2)21(16)29-15-18-14-25-23-26-19-9-6-10-20(13-19)31-12-4-3-11-28(24(29)30)22(18)27-23;1-15-6-4-9-19(24)20(15)29-14-16-13-25-22-26-17-7-5-8-18(12-17)31-11-3-2-10-28(23(29)30)21(16)27-22/h2*4-10,17-18H,11-16,19H2,1-3H3,(H,30,31,32);5-10,13-14H,3-4,11-12,15H2,1-2H3,(H,25,26,27);2-9,12-13H,10-11,14H2,1H3,(H,25,26,27)/b5-4+;5-4-;;3-2+. The Morgan fingerprint density at radius 1 is 0.312 bits per heavy atom. The molecule has 706 valence electrons. The number of benzene rings is 8. The molecule has 16 bridgehead atoms. The third kappa shape index (κ3) is 19.9. The van der Waals surface area contributed by atoms with Gasteiger partial charge in [-0.3, -0.25) is 39.2 Å². The zero-order valence-electron chi connectivity index (χ0n) is 78.9. The van der Waals surface area contributed by atoms with Crippen molar-refractivity contribution in [1.29, 1.82) is 0 Å². The van der Waals surface area contributed by atoms with Crippen LogP contribution in [0.4, 0.5) is 123 Å². The van der Waals surface area contributed by atoms with Crippen molar-refractivity contribution in [3.63, 3.8) is 0 Å². The van der Waals surface area contributed by atoms with E-state index in [1.54, 1.807) is 36.8 Å². The SMILES string of the molecule is Cc1cccc(C)c1N1Cc2cnc3nc2N(C/C=C/COc2cc(ccc2N2CCN(C)CC2)N3)C1=O.Cc1cccc(C)c1N1Cc2cnc3nc2N(C/C=C\COc2cc(ccc2N2CCN(C)CC2)N3)C1=O.Cc1cccc(C)c1N1Cc2cnc3nc2N(CCCCOc2cccc(c2)N3)C1=O.Cc1cccc(Cl)c1N1Cc2cnc3nc2N(C/C=C/COc2cccc(c2)N3)C1=O. The Balaban J connectivity index is 0.000000118. The number of nitrogens with zero attached hydrogens (tertiary/aromatic N) is 20. The first kappa shape index (κ1) is 91.7. The monoisotopic (exact) mass is 1870 g/mol. The molecule has 12 aromatic rings. The van der Waals surface area contributed by atoms with Gasteiger partial charge >= 0.3 is 24.1 Å². The third-order valence-electron chi connectivity index (χ3n) is 25.9. The average molecular weight is 1870 g/mol. The highest BCUT2D eigenvalue weighted by Crippen LogP contribution is 2.44. The Bertz CT molecular complexity index is 6430. The van der Waals surface area contributed by atoms with E-state index in [9.17, 15) is 19.2 Å². The zero-order chi connectivity index (χ0) is 95.2. The van der Waals surface area contributed by atoms with Crippen molar-refractivity contribution in [2.45, 2.75) is 87.5 Å². The normalized spacial score (nSPS) is 17.5. The van der Waals surface area contributed by atoms with Crippen molar-refractivity contribution in [2.75, 3.05) is 189 Å². The van der Waals surface area contributed by atoms with Crippen LogP contribution >= 0.6 is 11.6 Å². The van der Waals surface area contributed by atoms with Crippen LogP contribution in [-0.4, -0.2) is 193 Å². The number of hydrogen-bond donors (Lipinski definition) is 4. The van der Waals surface area contributed by atoms with E-state index in [4.69, 9.17) is 45.5 Å². The summed E-state index contributed by atoms with van der Waals surface area (Å²) in [5, 5.41) is 13.6. The fourth-order valence-corrected chi connectivity index (χ4v) is 19.1. The fourth-order valence-electron chi connectivity index (χ4n) is 18.8. The maximum absolute atomic E-state index is 13.8. The van der Waals surface area contributed by atoms with Crippen LogP contribution in [0.25, 0.3) is 0 Å². The van der Waals surface area contributed by atoms with Gasteiger partial charge in [-0.25, -0.2) is 39.1 Å². The lowest BCUT2D eigenvalue weighted by Crippen LogP contribution is -2.49. The number of halogens is 1. The Morgan fingerprint density at radius 2 is 0.630 bits per heavy atom. The van der Waals surface area contributed by atoms with Gasteiger partial charge in [0.05, 0.1) is 71.9 Å². The number of fused-ring (bicyclic) bond motifs is 12. The predicted molar refractivity (Wildman–Crippen MR) is 545 cm³/mol. The van der Waals surface area contributed by atoms with E-state index in [1.807, 2.05) is 258 Å². The molecular weight excluding hydrogens is 1760 g/mol. The molecule has 0 atom stereocenters. The molecule has 0 aliphatic carbocycles. The van der Waals surface area contributed by atoms with E-state index in [2.05, 4.69) is 92.0 Å². The summed E-state index contributed by atoms with van der Waals surface area (Å²) in [5.74, 6) is 7.49. The number of likely N-dealkylation sites (N-methyl/N-ethyl adjacent to an activating group) is 2. The number of carbonyl (C=O) groups is 4. The van der Waals surface area contributed by atoms with E-state index in [-0.39, 0.29) is 24.1 Å². The molecular formula is C105H111ClN24O8. The largest absolute Gasteiger partial charge is 0.494 e. The molecule has 8 amide bonds. The van der Waals surface area contributed by atoms with Crippen LogP contribution in [0.3, 0.4) is 0 Å². The van der Waals surface area contributed by atoms with E-state index in [0.717, 1.165) is 201 Å². The second kappa shape index (κ2) is 40.6. The second-order valence-corrected chi connectivity index (χ2v) is 36.1. The van der Waals surface area contributed by atoms with E-state index in [1.165, 1.54) is 0 Å². The summed E-state index contributed by atoms with van der Waals surface area (Å²) in [6, 6.07) is 51.1. The molecule has 10 aliphatic rings. The van der Waals surface area contributed by atoms with Gasteiger partial charge in [-0.2, -0.15) is 19.9 Å². The number of rotatable bonds is 6. The number of para-hydroxylation sites is 4. The highest BCUT2D eigenvalue weighted by molar-refractivity contribution is 6.34. The first-order chi connectivity index (χ1) is 67.1. The van der Waals surface area contributed by atoms with Crippen molar-refractivity contribution in [1.82, 2.24) is 49.7 Å². The number of anilines is 18. The molecule has 2 fully saturated rings. The van der Waals surface area contributed by atoms with Crippen LogP contribution in [-0.2, 0) is 26.2 Å². The average Bonchev–Trinajstić information content (AvgIpc) is 0.873. The summed E-state index contributed by atoms with van der Waals surface area (Å²) in [6.45, 7) is 27.2. The Hall–Kier alpha value is -15.4. The minimum atomic E-state index is -0.186. The van der Waals surface area contributed by atoms with Gasteiger partial charge in [0.15, 0.2) is 0 Å². The third-order valence-corrected chi connectivity index (χ3v) is 26.2. The molecule has 33 heteroatoms. The van der Waals surface area contributed by atoms with Crippen LogP contribution in [0.2, 0.25) is 5.02 Å². The van der Waals surface area contributed by atoms with Crippen LogP contribution in [0.1, 0.15) is 74.0 Å². The van der Waals surface area contributed by atoms with Crippen LogP contribution < -0.4 is 89.2 Å². The van der Waals surface area contributed by atoms with Gasteiger partial charge in [-0.05, 0) is 187 Å². The lowest BCUT2D eigenvalue weighted by Gasteiger charge is -2.37. The number of nitrogens with one attached hydrogen (secondary N) is 4. The molecule has 0 saturated carbocycles. The van der Waals surface area contributed by atoms with E-state index >= 15 is 0 Å². The van der Waals surface area contributed by atoms with Gasteiger partial charge in [-0.15, -0.1) is 0 Å². The van der Waals surface area contributed by atoms with Crippen molar-refractivity contribution in [3.05, 3.63) is 285 Å². The van der Waals surface area contributed by atoms with Gasteiger partial charge in [-0.1, -0.05) is 109 Å². The summed E-state index contributed by atoms with van der Waals surface area (Å²) < 4.78 is 24.2. The highest BCUT2D eigenvalue weighted by atomic mass is 35.5. The molecule has 0 unspecified atom stereocenters. The molecule has 0 spiro atoms. The van der Waals surface area contributed by atoms with Crippen molar-refractivity contribution in [2.24, 2.45) is 0 Å². The first-order valence-electron chi connectivity index (χ1n) is 46.8. The highest BCUT2D eigenvalue weighted by Gasteiger charge is 2.40. The predicted octanol–water partition coefficient (Wildman–Crippen LogP) is 19.0. The number of ether oxygens (including phenoxy) is 4. The number of amides is 8. The van der Waals surface area contributed by atoms with Crippen LogP contribution in [0.15, 0.2) is 219 Å². The van der Waals surface area contributed by atoms with Crippen LogP contribution in [0.5, 0.6) is 23.0 Å². The number of carbonyl (C=O) groups excluding carboxylic acids is 4. The number of piperazine rings is 2. The topological polar surface area (TPSA) is 295 Å². The van der Waals surface area contributed by atoms with Crippen LogP contribution in [0, 0.1) is 48.5 Å². The molecule has 10 aliphatic heterocycles. The number of hydrogen-bond acceptors (Lipinski definition) is 24. The Kier molecular flexibility index (Phi) is 27.0. The fraction of sp³-hybridized carbons (Fsp3) is 0.295. The second-order valence-electron chi connectivity index (χ2n) is 35.7. The van der Waals surface area contributed by atoms with E-state index < -0.39 is 0 Å². The Labute approximate surface area is 807 Å². The van der Waals surface area contributed by atoms with Gasteiger partial charge in [0.1, 0.15) is 66.1 Å². The van der Waals surface area contributed by atoms with Crippen molar-refractivity contribution >= 4 is 140 Å². The smallest absolute Gasteiger partial charge is 0.330 e. The molecule has 8 aromatic carbocycles. The quantitative estimate of drug-likeness (QED) is 0.112. The minimum absolute atomic E-state index is 0.0501. The summed E-state index contributed by atoms with van der Waals surface area (Å²) >= 11 is 6.47. The van der Waals surface area contributed by atoms with Gasteiger partial charge < -0.3 is 59.8 Å². The molecule has 138 heavy (non-hydrogen) atoms. The van der Waals surface area contributed by atoms with Gasteiger partial charge in [0.2, 0.25) is 23.8 Å². The summed E-state index contributed by atoms with van der Waals surface area (Å²) in [4.78, 5) is 116. The van der Waals surface area contributed by atoms with Gasteiger partial charge in [0.25, 0.3) is 0 Å². The first-order valence-corrected chi connectivity index (χ1v) is 47.2. The molecule has 22 rings (SSSR count). The molecule has 2 saturated heterocycles.